The zero-order chi connectivity index (χ0) is 14.5. The maximum atomic E-state index is 12.3. The third-order valence-corrected chi connectivity index (χ3v) is 5.38. The molecule has 0 aromatic carbocycles. The summed E-state index contributed by atoms with van der Waals surface area (Å²) in [5.41, 5.74) is 0. The van der Waals surface area contributed by atoms with Gasteiger partial charge in [-0.25, -0.2) is 4.79 Å². The van der Waals surface area contributed by atoms with Crippen molar-refractivity contribution in [2.75, 3.05) is 37.7 Å². The zero-order valence-corrected chi connectivity index (χ0v) is 12.4. The van der Waals surface area contributed by atoms with Gasteiger partial charge in [0.05, 0.1) is 0 Å². The number of carbonyl (C=O) groups excluding carboxylic acids is 1. The Morgan fingerprint density at radius 3 is 2.15 bits per heavy atom. The number of rotatable bonds is 3. The molecule has 2 fully saturated rings. The second kappa shape index (κ2) is 7.06. The van der Waals surface area contributed by atoms with E-state index in [0.29, 0.717) is 50.0 Å². The van der Waals surface area contributed by atoms with Crippen LogP contribution in [0.15, 0.2) is 0 Å². The van der Waals surface area contributed by atoms with Crippen LogP contribution in [-0.2, 0) is 15.6 Å². The summed E-state index contributed by atoms with van der Waals surface area (Å²) in [6, 6.07) is 0.0541. The summed E-state index contributed by atoms with van der Waals surface area (Å²) in [6.07, 6.45) is 2.70. The number of piperidine rings is 1. The fourth-order valence-electron chi connectivity index (χ4n) is 2.77. The van der Waals surface area contributed by atoms with Crippen LogP contribution in [-0.4, -0.2) is 68.8 Å². The van der Waals surface area contributed by atoms with Gasteiger partial charge in [-0.15, -0.1) is 0 Å². The molecule has 0 aromatic rings. The molecule has 7 heteroatoms. The first-order valence-electron chi connectivity index (χ1n) is 7.17. The molecule has 2 amide bonds. The second-order valence-corrected chi connectivity index (χ2v) is 7.18. The Bertz CT molecular complexity index is 384. The van der Waals surface area contributed by atoms with Crippen molar-refractivity contribution in [3.05, 3.63) is 0 Å². The molecule has 2 rings (SSSR count). The Hall–Kier alpha value is -1.11. The largest absolute Gasteiger partial charge is 0.481 e. The topological polar surface area (TPSA) is 77.9 Å². The molecule has 2 aliphatic rings. The number of carboxylic acids is 1. The van der Waals surface area contributed by atoms with Crippen LogP contribution >= 0.6 is 0 Å². The number of likely N-dealkylation sites (tertiary alicyclic amines) is 1. The SMILES string of the molecule is O=C(O)CCC1CCN(C(=O)N2CCS(=O)CC2)CC1. The molecule has 114 valence electrons. The summed E-state index contributed by atoms with van der Waals surface area (Å²) in [4.78, 5) is 26.5. The van der Waals surface area contributed by atoms with Gasteiger partial charge in [-0.05, 0) is 25.2 Å². The molecule has 2 aliphatic heterocycles. The average Bonchev–Trinajstić information content (AvgIpc) is 2.46. The third kappa shape index (κ3) is 4.19. The minimum Gasteiger partial charge on any atom is -0.481 e. The number of hydrogen-bond donors (Lipinski definition) is 1. The first-order chi connectivity index (χ1) is 9.56. The Balaban J connectivity index is 1.74. The summed E-state index contributed by atoms with van der Waals surface area (Å²) in [7, 11) is -0.763. The standard InChI is InChI=1S/C13H22N2O4S/c16-12(17)2-1-11-3-5-14(6-4-11)13(18)15-7-9-20(19)10-8-15/h11H,1-10H2,(H,16,17). The predicted molar refractivity (Wildman–Crippen MR) is 76.0 cm³/mol. The Kier molecular flexibility index (Phi) is 5.39. The number of urea groups is 1. The van der Waals surface area contributed by atoms with Gasteiger partial charge in [0.2, 0.25) is 0 Å². The Morgan fingerprint density at radius 2 is 1.60 bits per heavy atom. The molecule has 1 N–H and O–H groups in total. The molecular weight excluding hydrogens is 280 g/mol. The van der Waals surface area contributed by atoms with Crippen molar-refractivity contribution >= 4 is 22.8 Å². The van der Waals surface area contributed by atoms with E-state index >= 15 is 0 Å². The van der Waals surface area contributed by atoms with Crippen LogP contribution in [0.3, 0.4) is 0 Å². The fourth-order valence-corrected chi connectivity index (χ4v) is 3.82. The number of hydrogen-bond acceptors (Lipinski definition) is 3. The van der Waals surface area contributed by atoms with Crippen LogP contribution < -0.4 is 0 Å². The van der Waals surface area contributed by atoms with Gasteiger partial charge in [0, 0.05) is 54.9 Å². The molecule has 0 aromatic heterocycles. The summed E-state index contributed by atoms with van der Waals surface area (Å²) in [6.45, 7) is 2.60. The molecule has 0 saturated carbocycles. The van der Waals surface area contributed by atoms with E-state index in [0.717, 1.165) is 12.8 Å². The predicted octanol–water partition coefficient (Wildman–Crippen LogP) is 0.747. The molecular formula is C13H22N2O4S. The van der Waals surface area contributed by atoms with Crippen LogP contribution in [0.5, 0.6) is 0 Å². The van der Waals surface area contributed by atoms with Crippen LogP contribution in [0.1, 0.15) is 25.7 Å². The van der Waals surface area contributed by atoms with E-state index < -0.39 is 16.8 Å². The second-order valence-electron chi connectivity index (χ2n) is 5.48. The smallest absolute Gasteiger partial charge is 0.320 e. The van der Waals surface area contributed by atoms with Gasteiger partial charge in [0.1, 0.15) is 0 Å². The average molecular weight is 302 g/mol. The molecule has 6 nitrogen and oxygen atoms in total. The highest BCUT2D eigenvalue weighted by molar-refractivity contribution is 7.85. The molecule has 20 heavy (non-hydrogen) atoms. The maximum Gasteiger partial charge on any atom is 0.320 e. The first-order valence-corrected chi connectivity index (χ1v) is 8.65. The highest BCUT2D eigenvalue weighted by Crippen LogP contribution is 2.22. The van der Waals surface area contributed by atoms with Crippen LogP contribution in [0.4, 0.5) is 4.79 Å². The van der Waals surface area contributed by atoms with Crippen molar-refractivity contribution < 1.29 is 18.9 Å². The number of amides is 2. The summed E-state index contributed by atoms with van der Waals surface area (Å²) in [5.74, 6) is 0.843. The number of carboxylic acid groups (broad SMARTS) is 1. The minimum absolute atomic E-state index is 0.0541. The third-order valence-electron chi connectivity index (χ3n) is 4.10. The lowest BCUT2D eigenvalue weighted by Gasteiger charge is -2.36. The van der Waals surface area contributed by atoms with Crippen LogP contribution in [0.25, 0.3) is 0 Å². The van der Waals surface area contributed by atoms with Crippen LogP contribution in [0.2, 0.25) is 0 Å². The zero-order valence-electron chi connectivity index (χ0n) is 11.6. The molecule has 0 unspecified atom stereocenters. The van der Waals surface area contributed by atoms with Gasteiger partial charge in [-0.2, -0.15) is 0 Å². The van der Waals surface area contributed by atoms with E-state index in [9.17, 15) is 13.8 Å². The van der Waals surface area contributed by atoms with Crippen molar-refractivity contribution in [3.63, 3.8) is 0 Å². The molecule has 0 aliphatic carbocycles. The number of aliphatic carboxylic acids is 1. The van der Waals surface area contributed by atoms with Gasteiger partial charge >= 0.3 is 12.0 Å². The lowest BCUT2D eigenvalue weighted by Crippen LogP contribution is -2.50. The lowest BCUT2D eigenvalue weighted by molar-refractivity contribution is -0.137. The number of carbonyl (C=O) groups is 2. The summed E-state index contributed by atoms with van der Waals surface area (Å²) >= 11 is 0. The van der Waals surface area contributed by atoms with E-state index in [2.05, 4.69) is 0 Å². The van der Waals surface area contributed by atoms with Gasteiger partial charge in [-0.1, -0.05) is 0 Å². The first kappa shape index (κ1) is 15.3. The van der Waals surface area contributed by atoms with Crippen molar-refractivity contribution in [3.8, 4) is 0 Å². The van der Waals surface area contributed by atoms with Crippen molar-refractivity contribution in [1.29, 1.82) is 0 Å². The van der Waals surface area contributed by atoms with E-state index in [1.165, 1.54) is 0 Å². The van der Waals surface area contributed by atoms with E-state index in [1.54, 1.807) is 4.90 Å². The molecule has 0 spiro atoms. The normalized spacial score (nSPS) is 22.0. The van der Waals surface area contributed by atoms with Gasteiger partial charge in [0.25, 0.3) is 0 Å². The fraction of sp³-hybridized carbons (Fsp3) is 0.846. The molecule has 0 radical (unpaired) electrons. The van der Waals surface area contributed by atoms with Gasteiger partial charge in [-0.3, -0.25) is 9.00 Å². The summed E-state index contributed by atoms with van der Waals surface area (Å²) in [5, 5.41) is 8.68. The van der Waals surface area contributed by atoms with Gasteiger partial charge in [0.15, 0.2) is 0 Å². The highest BCUT2D eigenvalue weighted by Gasteiger charge is 2.28. The van der Waals surface area contributed by atoms with Crippen molar-refractivity contribution in [1.82, 2.24) is 9.80 Å². The van der Waals surface area contributed by atoms with E-state index in [-0.39, 0.29) is 12.5 Å². The lowest BCUT2D eigenvalue weighted by atomic mass is 9.92. The Labute approximate surface area is 121 Å². The quantitative estimate of drug-likeness (QED) is 0.834. The molecule has 0 bridgehead atoms. The van der Waals surface area contributed by atoms with Crippen molar-refractivity contribution in [2.45, 2.75) is 25.7 Å². The molecule has 2 heterocycles. The highest BCUT2D eigenvalue weighted by atomic mass is 32.2. The van der Waals surface area contributed by atoms with E-state index in [1.807, 2.05) is 4.90 Å². The van der Waals surface area contributed by atoms with Crippen molar-refractivity contribution in [2.24, 2.45) is 5.92 Å². The van der Waals surface area contributed by atoms with Gasteiger partial charge < -0.3 is 14.9 Å². The van der Waals surface area contributed by atoms with Crippen LogP contribution in [0, 0.1) is 5.92 Å². The maximum absolute atomic E-state index is 12.3. The monoisotopic (exact) mass is 302 g/mol. The molecule has 2 saturated heterocycles. The molecule has 0 atom stereocenters. The summed E-state index contributed by atoms with van der Waals surface area (Å²) < 4.78 is 11.3. The minimum atomic E-state index is -0.763. The van der Waals surface area contributed by atoms with E-state index in [4.69, 9.17) is 5.11 Å². The Morgan fingerprint density at radius 1 is 1.05 bits per heavy atom. The number of nitrogens with zero attached hydrogens (tertiary/aromatic N) is 2.